The maximum Gasteiger partial charge on any atom is 0.332 e. The van der Waals surface area contributed by atoms with Gasteiger partial charge in [-0.15, -0.1) is 0 Å². The molecular weight excluding hydrogens is 386 g/mol. The van der Waals surface area contributed by atoms with E-state index in [1.165, 1.54) is 23.6 Å². The molecule has 31 heavy (non-hydrogen) atoms. The molecule has 0 fully saturated rings. The van der Waals surface area contributed by atoms with E-state index in [0.29, 0.717) is 12.0 Å². The molecule has 0 saturated carbocycles. The van der Waals surface area contributed by atoms with E-state index in [1.54, 1.807) is 0 Å². The number of nitrogens with one attached hydrogen (secondary N) is 1. The molecule has 0 aromatic heterocycles. The first kappa shape index (κ1) is 24.3. The van der Waals surface area contributed by atoms with Gasteiger partial charge in [0.2, 0.25) is 0 Å². The van der Waals surface area contributed by atoms with Gasteiger partial charge >= 0.3 is 5.97 Å². The number of aliphatic hydroxyl groups excluding tert-OH is 1. The zero-order valence-corrected chi connectivity index (χ0v) is 18.3. The van der Waals surface area contributed by atoms with Crippen LogP contribution in [0.4, 0.5) is 0 Å². The molecule has 3 aromatic rings. The topological polar surface area (TPSA) is 69.6 Å². The van der Waals surface area contributed by atoms with Gasteiger partial charge in [-0.05, 0) is 49.9 Å². The first-order valence-electron chi connectivity index (χ1n) is 10.8. The molecular formula is C27H33NO3. The van der Waals surface area contributed by atoms with Crippen molar-refractivity contribution in [3.05, 3.63) is 108 Å². The fourth-order valence-corrected chi connectivity index (χ4v) is 3.41. The minimum absolute atomic E-state index is 0.443. The Morgan fingerprint density at radius 3 is 1.65 bits per heavy atom. The Bertz CT molecular complexity index is 827. The van der Waals surface area contributed by atoms with Crippen LogP contribution in [0.3, 0.4) is 0 Å². The number of hydrogen-bond donors (Lipinski definition) is 3. The highest BCUT2D eigenvalue weighted by atomic mass is 16.4. The summed E-state index contributed by atoms with van der Waals surface area (Å²) in [6, 6.07) is 32.9. The molecule has 0 heterocycles. The number of benzene rings is 3. The molecule has 0 aliphatic heterocycles. The summed E-state index contributed by atoms with van der Waals surface area (Å²) in [6.07, 6.45) is 0.944. The molecule has 0 aliphatic rings. The molecule has 0 saturated heterocycles. The van der Waals surface area contributed by atoms with Gasteiger partial charge in [0.1, 0.15) is 6.10 Å². The predicted octanol–water partition coefficient (Wildman–Crippen LogP) is 4.88. The summed E-state index contributed by atoms with van der Waals surface area (Å²) in [5, 5.41) is 19.5. The number of carbonyl (C=O) groups is 1. The number of aliphatic carboxylic acids is 1. The largest absolute Gasteiger partial charge is 0.479 e. The number of rotatable bonds is 9. The van der Waals surface area contributed by atoms with Crippen molar-refractivity contribution in [2.45, 2.75) is 44.8 Å². The maximum absolute atomic E-state index is 9.45. The van der Waals surface area contributed by atoms with Crippen LogP contribution in [0, 0.1) is 0 Å². The summed E-state index contributed by atoms with van der Waals surface area (Å²) in [6.45, 7) is 4.48. The van der Waals surface area contributed by atoms with E-state index in [-0.39, 0.29) is 0 Å². The van der Waals surface area contributed by atoms with Crippen LogP contribution in [0.1, 0.15) is 42.9 Å². The third-order valence-electron chi connectivity index (χ3n) is 5.07. The second-order valence-electron chi connectivity index (χ2n) is 7.72. The summed E-state index contributed by atoms with van der Waals surface area (Å²) < 4.78 is 0. The molecule has 3 rings (SSSR count). The van der Waals surface area contributed by atoms with Crippen LogP contribution in [0.2, 0.25) is 0 Å². The molecule has 2 atom stereocenters. The Balaban J connectivity index is 0.000000501. The number of carboxylic acid groups (broad SMARTS) is 1. The minimum atomic E-state index is -1.23. The number of aliphatic hydroxyl groups is 1. The van der Waals surface area contributed by atoms with E-state index in [2.05, 4.69) is 103 Å². The second-order valence-corrected chi connectivity index (χ2v) is 7.72. The highest BCUT2D eigenvalue weighted by Gasteiger charge is 2.14. The molecule has 0 amide bonds. The third-order valence-corrected chi connectivity index (χ3v) is 5.07. The van der Waals surface area contributed by atoms with Crippen molar-refractivity contribution < 1.29 is 15.0 Å². The first-order chi connectivity index (χ1) is 15.0. The SMILES string of the molecule is C[C@@H](Cc1ccccc1)NCCC(c1ccccc1)c1ccccc1.C[C@H](O)C(=O)O. The van der Waals surface area contributed by atoms with Crippen molar-refractivity contribution in [1.29, 1.82) is 0 Å². The van der Waals surface area contributed by atoms with Crippen molar-refractivity contribution >= 4 is 5.97 Å². The van der Waals surface area contributed by atoms with Gasteiger partial charge in [0.15, 0.2) is 0 Å². The smallest absolute Gasteiger partial charge is 0.332 e. The fraction of sp³-hybridized carbons (Fsp3) is 0.296. The van der Waals surface area contributed by atoms with E-state index in [0.717, 1.165) is 19.4 Å². The molecule has 3 aromatic carbocycles. The first-order valence-corrected chi connectivity index (χ1v) is 10.8. The van der Waals surface area contributed by atoms with Crippen molar-refractivity contribution in [1.82, 2.24) is 5.32 Å². The van der Waals surface area contributed by atoms with Crippen molar-refractivity contribution in [3.8, 4) is 0 Å². The summed E-state index contributed by atoms with van der Waals surface area (Å²) in [5.41, 5.74) is 4.18. The molecule has 4 heteroatoms. The van der Waals surface area contributed by atoms with Gasteiger partial charge in [0.25, 0.3) is 0 Å². The predicted molar refractivity (Wildman–Crippen MR) is 126 cm³/mol. The Labute approximate surface area is 185 Å². The molecule has 0 aliphatic carbocycles. The normalized spacial score (nSPS) is 12.5. The summed E-state index contributed by atoms with van der Waals surface area (Å²) in [4.78, 5) is 9.45. The monoisotopic (exact) mass is 419 g/mol. The second kappa shape index (κ2) is 13.4. The number of carboxylic acids is 1. The lowest BCUT2D eigenvalue weighted by atomic mass is 9.88. The van der Waals surface area contributed by atoms with Gasteiger partial charge in [-0.3, -0.25) is 0 Å². The Morgan fingerprint density at radius 2 is 1.23 bits per heavy atom. The molecule has 4 nitrogen and oxygen atoms in total. The summed E-state index contributed by atoms with van der Waals surface area (Å²) in [7, 11) is 0. The quantitative estimate of drug-likeness (QED) is 0.462. The van der Waals surface area contributed by atoms with Gasteiger partial charge in [-0.25, -0.2) is 4.79 Å². The van der Waals surface area contributed by atoms with Crippen LogP contribution < -0.4 is 5.32 Å². The Kier molecular flexibility index (Phi) is 10.5. The van der Waals surface area contributed by atoms with Gasteiger partial charge < -0.3 is 15.5 Å². The minimum Gasteiger partial charge on any atom is -0.479 e. The lowest BCUT2D eigenvalue weighted by molar-refractivity contribution is -0.145. The molecule has 0 bridgehead atoms. The van der Waals surface area contributed by atoms with E-state index in [1.807, 2.05) is 0 Å². The lowest BCUT2D eigenvalue weighted by Crippen LogP contribution is -2.30. The third kappa shape index (κ3) is 9.16. The van der Waals surface area contributed by atoms with Crippen LogP contribution in [-0.4, -0.2) is 34.9 Å². The van der Waals surface area contributed by atoms with Gasteiger partial charge in [-0.1, -0.05) is 91.0 Å². The van der Waals surface area contributed by atoms with Crippen molar-refractivity contribution in [2.75, 3.05) is 6.54 Å². The maximum atomic E-state index is 9.45. The van der Waals surface area contributed by atoms with Gasteiger partial charge in [0, 0.05) is 12.0 Å². The number of hydrogen-bond acceptors (Lipinski definition) is 3. The molecule has 3 N–H and O–H groups in total. The van der Waals surface area contributed by atoms with E-state index >= 15 is 0 Å². The molecule has 0 spiro atoms. The molecule has 0 unspecified atom stereocenters. The van der Waals surface area contributed by atoms with Crippen LogP contribution in [0.25, 0.3) is 0 Å². The lowest BCUT2D eigenvalue weighted by Gasteiger charge is -2.20. The van der Waals surface area contributed by atoms with Gasteiger partial charge in [-0.2, -0.15) is 0 Å². The zero-order chi connectivity index (χ0) is 22.5. The average Bonchev–Trinajstić information content (AvgIpc) is 2.79. The van der Waals surface area contributed by atoms with Crippen LogP contribution in [-0.2, 0) is 11.2 Å². The van der Waals surface area contributed by atoms with E-state index in [4.69, 9.17) is 10.2 Å². The zero-order valence-electron chi connectivity index (χ0n) is 18.3. The standard InChI is InChI=1S/C24H27N.C3H6O3/c1-20(19-21-11-5-2-6-12-21)25-18-17-24(22-13-7-3-8-14-22)23-15-9-4-10-16-23;1-2(4)3(5)6/h2-16,20,24-25H,17-19H2,1H3;2,4H,1H3,(H,5,6)/t20-;2-/m00/s1. The highest BCUT2D eigenvalue weighted by Crippen LogP contribution is 2.27. The van der Waals surface area contributed by atoms with Crippen LogP contribution in [0.5, 0.6) is 0 Å². The van der Waals surface area contributed by atoms with Crippen LogP contribution >= 0.6 is 0 Å². The molecule has 0 radical (unpaired) electrons. The summed E-state index contributed by atoms with van der Waals surface area (Å²) >= 11 is 0. The fourth-order valence-electron chi connectivity index (χ4n) is 3.41. The Morgan fingerprint density at radius 1 is 0.806 bits per heavy atom. The highest BCUT2D eigenvalue weighted by molar-refractivity contribution is 5.71. The van der Waals surface area contributed by atoms with Crippen molar-refractivity contribution in [3.63, 3.8) is 0 Å². The average molecular weight is 420 g/mol. The van der Waals surface area contributed by atoms with E-state index in [9.17, 15) is 4.79 Å². The van der Waals surface area contributed by atoms with E-state index < -0.39 is 12.1 Å². The molecule has 164 valence electrons. The van der Waals surface area contributed by atoms with Gasteiger partial charge in [0.05, 0.1) is 0 Å². The van der Waals surface area contributed by atoms with Crippen molar-refractivity contribution in [2.24, 2.45) is 0 Å². The Hall–Kier alpha value is -2.95. The summed E-state index contributed by atoms with van der Waals surface area (Å²) in [5.74, 6) is -0.742. The van der Waals surface area contributed by atoms with Crippen LogP contribution in [0.15, 0.2) is 91.0 Å².